The standard InChI is InChI=1S/C38H37Cl2N3O2.CH5N/c39-31-12-19-35(36(40)25-31)37-26-43(33-15-13-32(14-16-33)41-21-22-44)38(42-37)24-28-6-8-29(9-7-28)30-10-17-34(18-11-30)45-23-20-27-4-2-1-3-5-27;1-2/h6-19,22,25-27,41H,1-5,20-21,23-24H2;2H2,1H3. The number of aldehydes is 1. The van der Waals surface area contributed by atoms with E-state index in [9.17, 15) is 4.79 Å². The van der Waals surface area contributed by atoms with Crippen molar-refractivity contribution in [3.05, 3.63) is 119 Å². The number of rotatable bonds is 12. The van der Waals surface area contributed by atoms with E-state index < -0.39 is 0 Å². The van der Waals surface area contributed by atoms with Crippen molar-refractivity contribution in [3.8, 4) is 33.8 Å². The highest BCUT2D eigenvalue weighted by atomic mass is 35.5. The van der Waals surface area contributed by atoms with Crippen molar-refractivity contribution < 1.29 is 9.53 Å². The van der Waals surface area contributed by atoms with Gasteiger partial charge in [-0.05, 0) is 90.7 Å². The minimum absolute atomic E-state index is 0.267. The third-order valence-corrected chi connectivity index (χ3v) is 9.09. The molecule has 0 saturated heterocycles. The van der Waals surface area contributed by atoms with Crippen molar-refractivity contribution >= 4 is 35.2 Å². The minimum Gasteiger partial charge on any atom is -0.494 e. The topological polar surface area (TPSA) is 82.2 Å². The van der Waals surface area contributed by atoms with E-state index >= 15 is 0 Å². The SMILES string of the molecule is CN.O=CCNc1ccc(-n2cc(-c3ccc(Cl)cc3Cl)nc2Cc2ccc(-c3ccc(OCCC4CCCCC4)cc3)cc2)cc1. The van der Waals surface area contributed by atoms with Gasteiger partial charge in [-0.1, -0.05) is 91.7 Å². The van der Waals surface area contributed by atoms with Crippen LogP contribution in [-0.4, -0.2) is 36.0 Å². The normalized spacial score (nSPS) is 13.0. The molecule has 0 aliphatic heterocycles. The molecule has 1 aliphatic rings. The molecule has 6 nitrogen and oxygen atoms in total. The number of hydrogen-bond donors (Lipinski definition) is 2. The fraction of sp³-hybridized carbons (Fsp3) is 0.282. The molecule has 1 aromatic heterocycles. The smallest absolute Gasteiger partial charge is 0.139 e. The summed E-state index contributed by atoms with van der Waals surface area (Å²) in [5.74, 6) is 2.64. The van der Waals surface area contributed by atoms with E-state index in [-0.39, 0.29) is 6.54 Å². The lowest BCUT2D eigenvalue weighted by molar-refractivity contribution is -0.106. The Kier molecular flexibility index (Phi) is 12.5. The Balaban J connectivity index is 0.00000213. The Morgan fingerprint density at radius 3 is 2.23 bits per heavy atom. The first-order valence-corrected chi connectivity index (χ1v) is 17.0. The molecular formula is C39H42Cl2N4O2. The summed E-state index contributed by atoms with van der Waals surface area (Å²) < 4.78 is 8.15. The maximum atomic E-state index is 10.8. The van der Waals surface area contributed by atoms with Crippen molar-refractivity contribution in [2.45, 2.75) is 44.9 Å². The molecule has 1 saturated carbocycles. The number of nitrogens with one attached hydrogen (secondary N) is 1. The molecule has 0 bridgehead atoms. The highest BCUT2D eigenvalue weighted by molar-refractivity contribution is 6.36. The third-order valence-electron chi connectivity index (χ3n) is 8.54. The number of nitrogens with two attached hydrogens (primary N) is 1. The summed E-state index contributed by atoms with van der Waals surface area (Å²) in [5.41, 5.74) is 11.4. The Bertz CT molecular complexity index is 1710. The second kappa shape index (κ2) is 17.2. The van der Waals surface area contributed by atoms with Gasteiger partial charge in [0.2, 0.25) is 0 Å². The Hall–Kier alpha value is -4.10. The van der Waals surface area contributed by atoms with Gasteiger partial charge in [0.05, 0.1) is 23.9 Å². The van der Waals surface area contributed by atoms with Crippen molar-refractivity contribution in [1.82, 2.24) is 9.55 Å². The number of imidazole rings is 1. The second-order valence-corrected chi connectivity index (χ2v) is 12.5. The molecule has 6 rings (SSSR count). The molecule has 8 heteroatoms. The van der Waals surface area contributed by atoms with Gasteiger partial charge in [0.15, 0.2) is 0 Å². The zero-order valence-electron chi connectivity index (χ0n) is 26.8. The van der Waals surface area contributed by atoms with E-state index in [1.165, 1.54) is 39.2 Å². The molecule has 3 N–H and O–H groups in total. The number of ether oxygens (including phenoxy) is 1. The first-order chi connectivity index (χ1) is 23.1. The lowest BCUT2D eigenvalue weighted by atomic mass is 9.87. The zero-order chi connectivity index (χ0) is 33.0. The van der Waals surface area contributed by atoms with E-state index in [1.54, 1.807) is 6.07 Å². The predicted octanol–water partition coefficient (Wildman–Crippen LogP) is 9.64. The molecule has 1 heterocycles. The Morgan fingerprint density at radius 1 is 0.894 bits per heavy atom. The van der Waals surface area contributed by atoms with E-state index in [4.69, 9.17) is 32.9 Å². The van der Waals surface area contributed by atoms with E-state index in [2.05, 4.69) is 64.1 Å². The fourth-order valence-corrected chi connectivity index (χ4v) is 6.56. The molecule has 5 aromatic rings. The van der Waals surface area contributed by atoms with Gasteiger partial charge in [-0.2, -0.15) is 0 Å². The van der Waals surface area contributed by atoms with E-state index in [0.29, 0.717) is 16.5 Å². The van der Waals surface area contributed by atoms with E-state index in [1.807, 2.05) is 42.6 Å². The van der Waals surface area contributed by atoms with Crippen LogP contribution in [0.5, 0.6) is 5.75 Å². The van der Waals surface area contributed by atoms with Crippen LogP contribution in [0.2, 0.25) is 10.0 Å². The number of halogens is 2. The predicted molar refractivity (Wildman–Crippen MR) is 195 cm³/mol. The number of anilines is 1. The average Bonchev–Trinajstić information content (AvgIpc) is 3.52. The summed E-state index contributed by atoms with van der Waals surface area (Å²) in [6, 6.07) is 30.4. The van der Waals surface area contributed by atoms with Crippen molar-refractivity contribution in [1.29, 1.82) is 0 Å². The van der Waals surface area contributed by atoms with Crippen LogP contribution < -0.4 is 15.8 Å². The van der Waals surface area contributed by atoms with Gasteiger partial charge in [0.25, 0.3) is 0 Å². The molecule has 0 amide bonds. The van der Waals surface area contributed by atoms with Gasteiger partial charge in [0.1, 0.15) is 17.9 Å². The van der Waals surface area contributed by atoms with Crippen LogP contribution in [0.3, 0.4) is 0 Å². The first-order valence-electron chi connectivity index (χ1n) is 16.3. The van der Waals surface area contributed by atoms with Crippen molar-refractivity contribution in [3.63, 3.8) is 0 Å². The quantitative estimate of drug-likeness (QED) is 0.129. The van der Waals surface area contributed by atoms with Gasteiger partial charge in [-0.25, -0.2) is 4.98 Å². The molecule has 0 atom stereocenters. The molecule has 47 heavy (non-hydrogen) atoms. The van der Waals surface area contributed by atoms with E-state index in [0.717, 1.165) is 76.1 Å². The van der Waals surface area contributed by atoms with Gasteiger partial charge in [0, 0.05) is 34.6 Å². The average molecular weight is 670 g/mol. The summed E-state index contributed by atoms with van der Waals surface area (Å²) in [5, 5.41) is 4.22. The summed E-state index contributed by atoms with van der Waals surface area (Å²) in [4.78, 5) is 15.8. The number of benzene rings is 4. The highest BCUT2D eigenvalue weighted by Crippen LogP contribution is 2.32. The summed E-state index contributed by atoms with van der Waals surface area (Å²) in [7, 11) is 1.50. The van der Waals surface area contributed by atoms with Crippen LogP contribution in [-0.2, 0) is 11.2 Å². The Labute approximate surface area is 287 Å². The molecule has 1 fully saturated rings. The van der Waals surface area contributed by atoms with Crippen LogP contribution in [0.4, 0.5) is 5.69 Å². The number of aromatic nitrogens is 2. The molecule has 0 unspecified atom stereocenters. The van der Waals surface area contributed by atoms with Crippen LogP contribution in [0.1, 0.15) is 49.9 Å². The lowest BCUT2D eigenvalue weighted by Gasteiger charge is -2.21. The van der Waals surface area contributed by atoms with Crippen LogP contribution in [0.15, 0.2) is 97.2 Å². The van der Waals surface area contributed by atoms with Crippen LogP contribution in [0, 0.1) is 5.92 Å². The monoisotopic (exact) mass is 668 g/mol. The molecule has 1 aliphatic carbocycles. The van der Waals surface area contributed by atoms with Crippen LogP contribution in [0.25, 0.3) is 28.1 Å². The van der Waals surface area contributed by atoms with Gasteiger partial charge in [-0.15, -0.1) is 0 Å². The number of carbonyl (C=O) groups excluding carboxylic acids is 1. The Morgan fingerprint density at radius 2 is 1.57 bits per heavy atom. The molecular weight excluding hydrogens is 627 g/mol. The molecule has 244 valence electrons. The number of carbonyl (C=O) groups is 1. The summed E-state index contributed by atoms with van der Waals surface area (Å²) in [6.45, 7) is 1.06. The van der Waals surface area contributed by atoms with Crippen LogP contribution >= 0.6 is 23.2 Å². The fourth-order valence-electron chi connectivity index (χ4n) is 6.05. The zero-order valence-corrected chi connectivity index (χ0v) is 28.3. The highest BCUT2D eigenvalue weighted by Gasteiger charge is 2.16. The second-order valence-electron chi connectivity index (χ2n) is 11.7. The molecule has 0 radical (unpaired) electrons. The lowest BCUT2D eigenvalue weighted by Crippen LogP contribution is -2.10. The van der Waals surface area contributed by atoms with Gasteiger partial charge >= 0.3 is 0 Å². The molecule has 0 spiro atoms. The minimum atomic E-state index is 0.267. The maximum Gasteiger partial charge on any atom is 0.139 e. The van der Waals surface area contributed by atoms with Crippen molar-refractivity contribution in [2.75, 3.05) is 25.5 Å². The largest absolute Gasteiger partial charge is 0.494 e. The number of nitrogens with zero attached hydrogens (tertiary/aromatic N) is 2. The van der Waals surface area contributed by atoms with Gasteiger partial charge < -0.3 is 25.1 Å². The first kappa shape index (κ1) is 34.2. The maximum absolute atomic E-state index is 10.8. The van der Waals surface area contributed by atoms with Crippen molar-refractivity contribution in [2.24, 2.45) is 11.7 Å². The summed E-state index contributed by atoms with van der Waals surface area (Å²) in [6.07, 6.45) is 11.5. The summed E-state index contributed by atoms with van der Waals surface area (Å²) >= 11 is 12.7. The number of hydrogen-bond acceptors (Lipinski definition) is 5. The van der Waals surface area contributed by atoms with Gasteiger partial charge in [-0.3, -0.25) is 0 Å². The molecule has 4 aromatic carbocycles. The third kappa shape index (κ3) is 9.25.